The number of hydrogen-bond donors (Lipinski definition) is 1. The molecule has 0 amide bonds. The van der Waals surface area contributed by atoms with E-state index in [9.17, 15) is 4.39 Å². The smallest absolute Gasteiger partial charge is 0.128 e. The molecule has 2 rings (SSSR count). The lowest BCUT2D eigenvalue weighted by molar-refractivity contribution is 0.611. The number of nitrogens with zero attached hydrogens (tertiary/aromatic N) is 2. The van der Waals surface area contributed by atoms with Crippen molar-refractivity contribution in [3.05, 3.63) is 41.0 Å². The molecule has 0 fully saturated rings. The maximum atomic E-state index is 13.8. The third kappa shape index (κ3) is 2.04. The van der Waals surface area contributed by atoms with Crippen LogP contribution in [0.2, 0.25) is 0 Å². The Morgan fingerprint density at radius 2 is 2.06 bits per heavy atom. The van der Waals surface area contributed by atoms with Crippen molar-refractivity contribution >= 4 is 0 Å². The van der Waals surface area contributed by atoms with Gasteiger partial charge in [0.1, 0.15) is 5.82 Å². The molecule has 18 heavy (non-hydrogen) atoms. The Morgan fingerprint density at radius 3 is 2.56 bits per heavy atom. The van der Waals surface area contributed by atoms with Crippen LogP contribution in [0.4, 0.5) is 4.39 Å². The van der Waals surface area contributed by atoms with Gasteiger partial charge in [0.15, 0.2) is 0 Å². The highest BCUT2D eigenvalue weighted by atomic mass is 19.1. The van der Waals surface area contributed by atoms with Crippen LogP contribution in [0.15, 0.2) is 18.2 Å². The van der Waals surface area contributed by atoms with Gasteiger partial charge in [-0.25, -0.2) is 4.39 Å². The molecule has 1 aromatic carbocycles. The second-order valence-electron chi connectivity index (χ2n) is 4.37. The lowest BCUT2D eigenvalue weighted by Gasteiger charge is -2.06. The second kappa shape index (κ2) is 4.90. The Kier molecular flexibility index (Phi) is 3.48. The van der Waals surface area contributed by atoms with Crippen LogP contribution < -0.4 is 5.73 Å². The summed E-state index contributed by atoms with van der Waals surface area (Å²) in [4.78, 5) is 0. The number of aryl methyl sites for hydroxylation is 2. The molecule has 0 spiro atoms. The van der Waals surface area contributed by atoms with Crippen LogP contribution in [0.3, 0.4) is 0 Å². The lowest BCUT2D eigenvalue weighted by Crippen LogP contribution is -2.00. The number of halogens is 1. The van der Waals surface area contributed by atoms with Gasteiger partial charge in [0.2, 0.25) is 0 Å². The average Bonchev–Trinajstić information content (AvgIpc) is 2.64. The first-order valence-electron chi connectivity index (χ1n) is 6.11. The number of benzene rings is 1. The molecule has 0 radical (unpaired) electrons. The first-order chi connectivity index (χ1) is 8.58. The molecule has 4 heteroatoms. The van der Waals surface area contributed by atoms with E-state index >= 15 is 0 Å². The number of aromatic nitrogens is 2. The molecule has 2 aromatic rings. The number of rotatable bonds is 3. The normalized spacial score (nSPS) is 10.9. The summed E-state index contributed by atoms with van der Waals surface area (Å²) in [6.07, 6.45) is 0. The van der Waals surface area contributed by atoms with Crippen molar-refractivity contribution in [2.45, 2.75) is 33.9 Å². The Hall–Kier alpha value is -1.68. The van der Waals surface area contributed by atoms with Gasteiger partial charge in [-0.05, 0) is 32.4 Å². The Balaban J connectivity index is 2.55. The van der Waals surface area contributed by atoms with Crippen LogP contribution in [-0.4, -0.2) is 9.78 Å². The molecule has 0 saturated heterocycles. The zero-order chi connectivity index (χ0) is 13.3. The minimum atomic E-state index is -0.252. The summed E-state index contributed by atoms with van der Waals surface area (Å²) < 4.78 is 15.7. The van der Waals surface area contributed by atoms with E-state index in [-0.39, 0.29) is 12.4 Å². The standard InChI is InChI=1S/C14H18FN3/c1-4-18-10(3)14(9(2)17-18)11-5-6-12(8-16)13(15)7-11/h5-7H,4,8,16H2,1-3H3. The van der Waals surface area contributed by atoms with Crippen LogP contribution in [-0.2, 0) is 13.1 Å². The van der Waals surface area contributed by atoms with Crippen molar-refractivity contribution in [2.24, 2.45) is 5.73 Å². The monoisotopic (exact) mass is 247 g/mol. The van der Waals surface area contributed by atoms with Crippen LogP contribution in [0.5, 0.6) is 0 Å². The highest BCUT2D eigenvalue weighted by Crippen LogP contribution is 2.28. The molecule has 2 N–H and O–H groups in total. The van der Waals surface area contributed by atoms with E-state index in [1.165, 1.54) is 0 Å². The SMILES string of the molecule is CCn1nc(C)c(-c2ccc(CN)c(F)c2)c1C. The average molecular weight is 247 g/mol. The summed E-state index contributed by atoms with van der Waals surface area (Å²) in [7, 11) is 0. The maximum Gasteiger partial charge on any atom is 0.128 e. The minimum Gasteiger partial charge on any atom is -0.326 e. The third-order valence-electron chi connectivity index (χ3n) is 3.24. The summed E-state index contributed by atoms with van der Waals surface area (Å²) in [5, 5.41) is 4.45. The molecular weight excluding hydrogens is 229 g/mol. The van der Waals surface area contributed by atoms with E-state index in [1.54, 1.807) is 12.1 Å². The van der Waals surface area contributed by atoms with E-state index in [2.05, 4.69) is 5.10 Å². The molecule has 0 aliphatic rings. The Bertz CT molecular complexity index is 573. The molecular formula is C14H18FN3. The predicted octanol–water partition coefficient (Wildman–Crippen LogP) is 2.78. The minimum absolute atomic E-state index is 0.221. The topological polar surface area (TPSA) is 43.8 Å². The summed E-state index contributed by atoms with van der Waals surface area (Å²) in [5.74, 6) is -0.252. The van der Waals surface area contributed by atoms with Gasteiger partial charge < -0.3 is 5.73 Å². The Labute approximate surface area is 106 Å². The highest BCUT2D eigenvalue weighted by Gasteiger charge is 2.13. The summed E-state index contributed by atoms with van der Waals surface area (Å²) >= 11 is 0. The largest absolute Gasteiger partial charge is 0.326 e. The van der Waals surface area contributed by atoms with E-state index < -0.39 is 0 Å². The van der Waals surface area contributed by atoms with Crippen molar-refractivity contribution in [3.63, 3.8) is 0 Å². The van der Waals surface area contributed by atoms with Crippen molar-refractivity contribution in [2.75, 3.05) is 0 Å². The quantitative estimate of drug-likeness (QED) is 0.906. The highest BCUT2D eigenvalue weighted by molar-refractivity contribution is 5.68. The van der Waals surface area contributed by atoms with Gasteiger partial charge in [-0.1, -0.05) is 12.1 Å². The van der Waals surface area contributed by atoms with Gasteiger partial charge in [-0.3, -0.25) is 4.68 Å². The summed E-state index contributed by atoms with van der Waals surface area (Å²) in [6, 6.07) is 5.19. The van der Waals surface area contributed by atoms with Gasteiger partial charge >= 0.3 is 0 Å². The molecule has 0 bridgehead atoms. The van der Waals surface area contributed by atoms with Gasteiger partial charge in [-0.15, -0.1) is 0 Å². The van der Waals surface area contributed by atoms with Crippen LogP contribution in [0, 0.1) is 19.7 Å². The fourth-order valence-electron chi connectivity index (χ4n) is 2.29. The maximum absolute atomic E-state index is 13.8. The first-order valence-corrected chi connectivity index (χ1v) is 6.11. The fraction of sp³-hybridized carbons (Fsp3) is 0.357. The van der Waals surface area contributed by atoms with Crippen LogP contribution in [0.25, 0.3) is 11.1 Å². The molecule has 0 aliphatic carbocycles. The van der Waals surface area contributed by atoms with Crippen molar-refractivity contribution in [1.82, 2.24) is 9.78 Å². The van der Waals surface area contributed by atoms with Crippen LogP contribution >= 0.6 is 0 Å². The van der Waals surface area contributed by atoms with E-state index in [4.69, 9.17) is 5.73 Å². The molecule has 1 heterocycles. The van der Waals surface area contributed by atoms with Gasteiger partial charge in [-0.2, -0.15) is 5.10 Å². The lowest BCUT2D eigenvalue weighted by atomic mass is 10.0. The summed E-state index contributed by atoms with van der Waals surface area (Å²) in [5.41, 5.74) is 9.87. The van der Waals surface area contributed by atoms with E-state index in [1.807, 2.05) is 31.5 Å². The van der Waals surface area contributed by atoms with E-state index in [0.717, 1.165) is 29.1 Å². The number of hydrogen-bond acceptors (Lipinski definition) is 2. The first kappa shape index (κ1) is 12.8. The van der Waals surface area contributed by atoms with Crippen LogP contribution in [0.1, 0.15) is 23.9 Å². The fourth-order valence-corrected chi connectivity index (χ4v) is 2.29. The van der Waals surface area contributed by atoms with Gasteiger partial charge in [0.25, 0.3) is 0 Å². The Morgan fingerprint density at radius 1 is 1.33 bits per heavy atom. The zero-order valence-electron chi connectivity index (χ0n) is 11.0. The molecule has 0 aliphatic heterocycles. The summed E-state index contributed by atoms with van der Waals surface area (Å²) in [6.45, 7) is 7.03. The third-order valence-corrected chi connectivity index (χ3v) is 3.24. The van der Waals surface area contributed by atoms with Crippen molar-refractivity contribution < 1.29 is 4.39 Å². The molecule has 0 saturated carbocycles. The molecule has 0 unspecified atom stereocenters. The van der Waals surface area contributed by atoms with Crippen molar-refractivity contribution in [1.29, 1.82) is 0 Å². The van der Waals surface area contributed by atoms with E-state index in [0.29, 0.717) is 5.56 Å². The molecule has 1 aromatic heterocycles. The molecule has 96 valence electrons. The zero-order valence-corrected chi connectivity index (χ0v) is 11.0. The second-order valence-corrected chi connectivity index (χ2v) is 4.37. The number of nitrogens with two attached hydrogens (primary N) is 1. The van der Waals surface area contributed by atoms with Gasteiger partial charge in [0.05, 0.1) is 5.69 Å². The van der Waals surface area contributed by atoms with Crippen molar-refractivity contribution in [3.8, 4) is 11.1 Å². The van der Waals surface area contributed by atoms with Gasteiger partial charge in [0, 0.05) is 29.9 Å². The molecule has 0 atom stereocenters. The molecule has 3 nitrogen and oxygen atoms in total. The predicted molar refractivity (Wildman–Crippen MR) is 70.7 cm³/mol.